The average Bonchev–Trinajstić information content (AvgIpc) is 2.81. The number of methoxy groups -OCH3 is 1. The average molecular weight is 300 g/mol. The van der Waals surface area contributed by atoms with Gasteiger partial charge in [-0.2, -0.15) is 0 Å². The number of benzene rings is 1. The SMILES string of the molecule is COc1cc(N)ccc1S(=O)(=O)NCC1CCOC1C. The van der Waals surface area contributed by atoms with Crippen LogP contribution < -0.4 is 15.2 Å². The summed E-state index contributed by atoms with van der Waals surface area (Å²) < 4.78 is 37.7. The Kier molecular flexibility index (Phi) is 4.52. The zero-order chi connectivity index (χ0) is 14.8. The van der Waals surface area contributed by atoms with Crippen molar-refractivity contribution in [3.05, 3.63) is 18.2 Å². The molecule has 0 spiro atoms. The van der Waals surface area contributed by atoms with Gasteiger partial charge in [0, 0.05) is 30.8 Å². The first-order valence-electron chi connectivity index (χ1n) is 6.49. The minimum atomic E-state index is -3.62. The molecule has 2 rings (SSSR count). The summed E-state index contributed by atoms with van der Waals surface area (Å²) in [5, 5.41) is 0. The van der Waals surface area contributed by atoms with E-state index in [1.807, 2.05) is 6.92 Å². The van der Waals surface area contributed by atoms with Gasteiger partial charge in [0.25, 0.3) is 0 Å². The van der Waals surface area contributed by atoms with Crippen molar-refractivity contribution in [2.75, 3.05) is 26.0 Å². The summed E-state index contributed by atoms with van der Waals surface area (Å²) >= 11 is 0. The van der Waals surface area contributed by atoms with E-state index in [1.165, 1.54) is 19.2 Å². The summed E-state index contributed by atoms with van der Waals surface area (Å²) in [5.41, 5.74) is 6.08. The van der Waals surface area contributed by atoms with E-state index in [4.69, 9.17) is 15.2 Å². The molecule has 0 amide bonds. The summed E-state index contributed by atoms with van der Waals surface area (Å²) in [6, 6.07) is 4.49. The van der Waals surface area contributed by atoms with Gasteiger partial charge in [-0.15, -0.1) is 0 Å². The highest BCUT2D eigenvalue weighted by Gasteiger charge is 2.27. The lowest BCUT2D eigenvalue weighted by atomic mass is 10.0. The van der Waals surface area contributed by atoms with Gasteiger partial charge in [0.2, 0.25) is 10.0 Å². The van der Waals surface area contributed by atoms with Gasteiger partial charge in [-0.3, -0.25) is 0 Å². The molecule has 1 aromatic rings. The Hall–Kier alpha value is -1.31. The Balaban J connectivity index is 2.14. The van der Waals surface area contributed by atoms with Crippen molar-refractivity contribution >= 4 is 15.7 Å². The lowest BCUT2D eigenvalue weighted by molar-refractivity contribution is 0.107. The molecule has 1 aromatic carbocycles. The summed E-state index contributed by atoms with van der Waals surface area (Å²) in [5.74, 6) is 0.442. The van der Waals surface area contributed by atoms with Crippen LogP contribution in [0.1, 0.15) is 13.3 Å². The first-order valence-corrected chi connectivity index (χ1v) is 7.97. The minimum absolute atomic E-state index is 0.0750. The molecule has 7 heteroatoms. The maximum absolute atomic E-state index is 12.3. The molecule has 20 heavy (non-hydrogen) atoms. The normalized spacial score (nSPS) is 22.9. The van der Waals surface area contributed by atoms with Gasteiger partial charge < -0.3 is 15.2 Å². The third kappa shape index (κ3) is 3.23. The molecule has 0 saturated carbocycles. The second-order valence-corrected chi connectivity index (χ2v) is 6.62. The lowest BCUT2D eigenvalue weighted by Crippen LogP contribution is -2.32. The van der Waals surface area contributed by atoms with Crippen molar-refractivity contribution in [1.29, 1.82) is 0 Å². The van der Waals surface area contributed by atoms with Crippen LogP contribution in [0.5, 0.6) is 5.75 Å². The number of rotatable bonds is 5. The van der Waals surface area contributed by atoms with E-state index in [0.29, 0.717) is 18.8 Å². The van der Waals surface area contributed by atoms with Gasteiger partial charge in [0.15, 0.2) is 0 Å². The molecule has 2 unspecified atom stereocenters. The van der Waals surface area contributed by atoms with Crippen molar-refractivity contribution in [3.63, 3.8) is 0 Å². The fourth-order valence-electron chi connectivity index (χ4n) is 2.24. The molecule has 0 aliphatic carbocycles. The molecule has 112 valence electrons. The number of ether oxygens (including phenoxy) is 2. The van der Waals surface area contributed by atoms with Crippen molar-refractivity contribution in [2.45, 2.75) is 24.3 Å². The summed E-state index contributed by atoms with van der Waals surface area (Å²) in [6.45, 7) is 2.99. The molecule has 1 heterocycles. The quantitative estimate of drug-likeness (QED) is 0.791. The van der Waals surface area contributed by atoms with Crippen LogP contribution in [0.3, 0.4) is 0 Å². The van der Waals surface area contributed by atoms with Gasteiger partial charge in [0.1, 0.15) is 10.6 Å². The highest BCUT2D eigenvalue weighted by Crippen LogP contribution is 2.26. The van der Waals surface area contributed by atoms with Crippen LogP contribution in [0.15, 0.2) is 23.1 Å². The van der Waals surface area contributed by atoms with Crippen molar-refractivity contribution in [3.8, 4) is 5.75 Å². The first-order chi connectivity index (χ1) is 9.44. The lowest BCUT2D eigenvalue weighted by Gasteiger charge is -2.16. The highest BCUT2D eigenvalue weighted by atomic mass is 32.2. The van der Waals surface area contributed by atoms with Gasteiger partial charge in [0.05, 0.1) is 13.2 Å². The molecule has 6 nitrogen and oxygen atoms in total. The topological polar surface area (TPSA) is 90.7 Å². The van der Waals surface area contributed by atoms with Gasteiger partial charge in [-0.05, 0) is 25.5 Å². The van der Waals surface area contributed by atoms with Gasteiger partial charge in [-0.1, -0.05) is 0 Å². The Morgan fingerprint density at radius 2 is 2.25 bits per heavy atom. The summed E-state index contributed by atoms with van der Waals surface area (Å²) in [6.07, 6.45) is 0.939. The van der Waals surface area contributed by atoms with Crippen LogP contribution in [0.2, 0.25) is 0 Å². The zero-order valence-electron chi connectivity index (χ0n) is 11.6. The molecule has 0 radical (unpaired) electrons. The van der Waals surface area contributed by atoms with E-state index in [-0.39, 0.29) is 22.7 Å². The maximum Gasteiger partial charge on any atom is 0.244 e. The van der Waals surface area contributed by atoms with E-state index in [1.54, 1.807) is 6.07 Å². The van der Waals surface area contributed by atoms with Gasteiger partial charge >= 0.3 is 0 Å². The molecule has 1 aliphatic rings. The third-order valence-electron chi connectivity index (χ3n) is 3.55. The van der Waals surface area contributed by atoms with Gasteiger partial charge in [-0.25, -0.2) is 13.1 Å². The maximum atomic E-state index is 12.3. The molecular weight excluding hydrogens is 280 g/mol. The minimum Gasteiger partial charge on any atom is -0.495 e. The second kappa shape index (κ2) is 5.99. The molecule has 1 aliphatic heterocycles. The number of nitrogen functional groups attached to an aromatic ring is 1. The highest BCUT2D eigenvalue weighted by molar-refractivity contribution is 7.89. The number of hydrogen-bond acceptors (Lipinski definition) is 5. The van der Waals surface area contributed by atoms with Crippen molar-refractivity contribution in [1.82, 2.24) is 4.72 Å². The monoisotopic (exact) mass is 300 g/mol. The fourth-order valence-corrected chi connectivity index (χ4v) is 3.49. The molecule has 1 fully saturated rings. The van der Waals surface area contributed by atoms with Crippen LogP contribution in [0.25, 0.3) is 0 Å². The Morgan fingerprint density at radius 1 is 1.50 bits per heavy atom. The fraction of sp³-hybridized carbons (Fsp3) is 0.538. The van der Waals surface area contributed by atoms with E-state index in [0.717, 1.165) is 6.42 Å². The predicted octanol–water partition coefficient (Wildman–Crippen LogP) is 0.981. The van der Waals surface area contributed by atoms with E-state index < -0.39 is 10.0 Å². The van der Waals surface area contributed by atoms with Crippen LogP contribution in [0, 0.1) is 5.92 Å². The first kappa shape index (κ1) is 15.1. The summed E-state index contributed by atoms with van der Waals surface area (Å²) in [7, 11) is -2.20. The van der Waals surface area contributed by atoms with E-state index in [9.17, 15) is 8.42 Å². The molecule has 0 aromatic heterocycles. The number of hydrogen-bond donors (Lipinski definition) is 2. The van der Waals surface area contributed by atoms with Crippen LogP contribution >= 0.6 is 0 Å². The smallest absolute Gasteiger partial charge is 0.244 e. The third-order valence-corrected chi connectivity index (χ3v) is 5.01. The summed E-state index contributed by atoms with van der Waals surface area (Å²) in [4.78, 5) is 0.0979. The zero-order valence-corrected chi connectivity index (χ0v) is 12.4. The second-order valence-electron chi connectivity index (χ2n) is 4.89. The molecule has 0 bridgehead atoms. The number of anilines is 1. The van der Waals surface area contributed by atoms with Crippen LogP contribution in [0.4, 0.5) is 5.69 Å². The molecule has 2 atom stereocenters. The largest absolute Gasteiger partial charge is 0.495 e. The molecular formula is C13H20N2O4S. The van der Waals surface area contributed by atoms with Crippen molar-refractivity contribution in [2.24, 2.45) is 5.92 Å². The van der Waals surface area contributed by atoms with Crippen molar-refractivity contribution < 1.29 is 17.9 Å². The van der Waals surface area contributed by atoms with Crippen LogP contribution in [-0.2, 0) is 14.8 Å². The van der Waals surface area contributed by atoms with Crippen LogP contribution in [-0.4, -0.2) is 34.8 Å². The number of nitrogens with two attached hydrogens (primary N) is 1. The number of nitrogens with one attached hydrogen (secondary N) is 1. The molecule has 3 N–H and O–H groups in total. The number of sulfonamides is 1. The van der Waals surface area contributed by atoms with E-state index in [2.05, 4.69) is 4.72 Å². The Bertz CT molecular complexity index is 574. The standard InChI is InChI=1S/C13H20N2O4S/c1-9-10(5-6-19-9)8-15-20(16,17)13-4-3-11(14)7-12(13)18-2/h3-4,7,9-10,15H,5-6,8,14H2,1-2H3. The Morgan fingerprint density at radius 3 is 2.85 bits per heavy atom. The van der Waals surface area contributed by atoms with E-state index >= 15 is 0 Å². The molecule has 1 saturated heterocycles. The predicted molar refractivity (Wildman–Crippen MR) is 76.1 cm³/mol. The Labute approximate surface area is 119 Å².